The van der Waals surface area contributed by atoms with Crippen LogP contribution in [0.4, 0.5) is 0 Å². The van der Waals surface area contributed by atoms with Gasteiger partial charge in [0.1, 0.15) is 11.6 Å². The third-order valence-electron chi connectivity index (χ3n) is 10.5. The van der Waals surface area contributed by atoms with E-state index < -0.39 is 0 Å². The number of aromatic hydroxyl groups is 1. The zero-order valence-electron chi connectivity index (χ0n) is 34.5. The summed E-state index contributed by atoms with van der Waals surface area (Å²) in [5.41, 5.74) is 13.8. The Morgan fingerprint density at radius 2 is 1.21 bits per heavy atom. The number of para-hydroxylation sites is 2. The van der Waals surface area contributed by atoms with Gasteiger partial charge in [-0.2, -0.15) is 0 Å². The molecule has 0 unspecified atom stereocenters. The van der Waals surface area contributed by atoms with Crippen molar-refractivity contribution < 1.29 is 5.11 Å². The minimum Gasteiger partial charge on any atom is -0.507 e. The molecule has 0 spiro atoms. The van der Waals surface area contributed by atoms with E-state index in [0.717, 1.165) is 44.9 Å². The lowest BCUT2D eigenvalue weighted by Crippen LogP contribution is -2.18. The molecule has 1 N–H and O–H groups in total. The number of aromatic nitrogens is 3. The molecule has 4 nitrogen and oxygen atoms in total. The van der Waals surface area contributed by atoms with E-state index in [1.54, 1.807) is 6.07 Å². The second-order valence-corrected chi connectivity index (χ2v) is 19.3. The lowest BCUT2D eigenvalue weighted by atomic mass is 9.81. The van der Waals surface area contributed by atoms with Crippen LogP contribution < -0.4 is 0 Å². The molecule has 6 aromatic rings. The molecule has 0 saturated carbocycles. The van der Waals surface area contributed by atoms with Crippen LogP contribution >= 0.6 is 0 Å². The molecule has 0 aliphatic heterocycles. The number of phenolic OH excluding ortho intramolecular Hbond substituents is 1. The van der Waals surface area contributed by atoms with Crippen molar-refractivity contribution >= 4 is 11.0 Å². The third-order valence-corrected chi connectivity index (χ3v) is 10.5. The van der Waals surface area contributed by atoms with Crippen molar-refractivity contribution in [3.8, 4) is 45.2 Å². The number of phenols is 1. The molecule has 6 rings (SSSR count). The van der Waals surface area contributed by atoms with E-state index >= 15 is 0 Å². The Kier molecular flexibility index (Phi) is 9.55. The van der Waals surface area contributed by atoms with Gasteiger partial charge in [0.15, 0.2) is 0 Å². The van der Waals surface area contributed by atoms with Crippen LogP contribution in [0.15, 0.2) is 91.1 Å². The Bertz CT molecular complexity index is 2310. The van der Waals surface area contributed by atoms with Gasteiger partial charge in [0.25, 0.3) is 0 Å². The molecule has 0 fully saturated rings. The summed E-state index contributed by atoms with van der Waals surface area (Å²) in [5.74, 6) is 1.20. The van der Waals surface area contributed by atoms with Gasteiger partial charge in [0.05, 0.1) is 28.0 Å². The number of imidazole rings is 1. The SMILES string of the molecule is CC(C)c1cccc(C(C)(C)C)c1-n1c(-c2ccccc2O)nc2c(-c3cc(-c4cc(C(C)(C)C)ccn4)cc(C(C)(C)C)c3)cc(C(C)(C)C)cc21. The van der Waals surface area contributed by atoms with E-state index in [2.05, 4.69) is 162 Å². The highest BCUT2D eigenvalue weighted by atomic mass is 16.3. The lowest BCUT2D eigenvalue weighted by molar-refractivity contribution is 0.477. The topological polar surface area (TPSA) is 50.9 Å². The van der Waals surface area contributed by atoms with Gasteiger partial charge in [0.2, 0.25) is 0 Å². The number of rotatable bonds is 5. The zero-order valence-corrected chi connectivity index (χ0v) is 34.5. The van der Waals surface area contributed by atoms with E-state index in [1.165, 1.54) is 27.8 Å². The van der Waals surface area contributed by atoms with Crippen molar-refractivity contribution in [1.29, 1.82) is 0 Å². The second-order valence-electron chi connectivity index (χ2n) is 19.3. The molecular weight excluding hydrogens is 647 g/mol. The van der Waals surface area contributed by atoms with Gasteiger partial charge in [-0.1, -0.05) is 133 Å². The average Bonchev–Trinajstić information content (AvgIpc) is 3.45. The summed E-state index contributed by atoms with van der Waals surface area (Å²) in [7, 11) is 0. The first-order valence-electron chi connectivity index (χ1n) is 19.2. The Morgan fingerprint density at radius 1 is 0.585 bits per heavy atom. The quantitative estimate of drug-likeness (QED) is 0.194. The number of benzene rings is 4. The molecule has 0 saturated heterocycles. The Morgan fingerprint density at radius 3 is 1.81 bits per heavy atom. The minimum absolute atomic E-state index is 0.000220. The monoisotopic (exact) mass is 705 g/mol. The van der Waals surface area contributed by atoms with Gasteiger partial charge in [-0.05, 0) is 109 Å². The summed E-state index contributed by atoms with van der Waals surface area (Å²) in [5, 5.41) is 11.4. The fourth-order valence-corrected chi connectivity index (χ4v) is 7.20. The molecule has 2 aromatic heterocycles. The number of hydrogen-bond donors (Lipinski definition) is 1. The summed E-state index contributed by atoms with van der Waals surface area (Å²) >= 11 is 0. The third kappa shape index (κ3) is 7.43. The summed E-state index contributed by atoms with van der Waals surface area (Å²) in [6.45, 7) is 31.8. The smallest absolute Gasteiger partial charge is 0.149 e. The maximum Gasteiger partial charge on any atom is 0.149 e. The van der Waals surface area contributed by atoms with Crippen LogP contribution in [0.2, 0.25) is 0 Å². The van der Waals surface area contributed by atoms with Crippen molar-refractivity contribution in [2.45, 2.75) is 125 Å². The highest BCUT2D eigenvalue weighted by Crippen LogP contribution is 2.45. The molecule has 4 aromatic carbocycles. The highest BCUT2D eigenvalue weighted by Gasteiger charge is 2.30. The standard InChI is InChI=1S/C49H59N3O/c1-30(2)36-19-17-20-39(49(12,13)14)44(36)52-41-29-35(48(9,10)11)27-38(43(41)51-45(52)37-18-15-16-21-42(37)53)31-24-32(26-34(25-31)47(6,7)8)40-28-33(22-23-50-40)46(3,4)5/h15-30,53H,1-14H3. The van der Waals surface area contributed by atoms with E-state index in [0.29, 0.717) is 5.56 Å². The van der Waals surface area contributed by atoms with Crippen LogP contribution in [0.25, 0.3) is 50.5 Å². The maximum atomic E-state index is 11.4. The predicted molar refractivity (Wildman–Crippen MR) is 226 cm³/mol. The summed E-state index contributed by atoms with van der Waals surface area (Å²) in [6.07, 6.45) is 1.94. The molecule has 4 heteroatoms. The van der Waals surface area contributed by atoms with E-state index in [9.17, 15) is 5.11 Å². The molecule has 2 heterocycles. The molecule has 0 amide bonds. The number of hydrogen-bond acceptors (Lipinski definition) is 3. The van der Waals surface area contributed by atoms with Gasteiger partial charge in [-0.3, -0.25) is 9.55 Å². The summed E-state index contributed by atoms with van der Waals surface area (Å²) in [6, 6.07) is 30.3. The Balaban J connectivity index is 1.81. The molecule has 0 aliphatic carbocycles. The first-order valence-corrected chi connectivity index (χ1v) is 19.2. The molecule has 276 valence electrons. The van der Waals surface area contributed by atoms with Crippen molar-refractivity contribution in [3.63, 3.8) is 0 Å². The normalized spacial score (nSPS) is 13.0. The Labute approximate surface area is 318 Å². The van der Waals surface area contributed by atoms with E-state index in [-0.39, 0.29) is 33.3 Å². The van der Waals surface area contributed by atoms with Crippen molar-refractivity contribution in [1.82, 2.24) is 14.5 Å². The van der Waals surface area contributed by atoms with Gasteiger partial charge in [-0.25, -0.2) is 4.98 Å². The van der Waals surface area contributed by atoms with Crippen molar-refractivity contribution in [2.75, 3.05) is 0 Å². The van der Waals surface area contributed by atoms with Crippen LogP contribution in [0, 0.1) is 0 Å². The van der Waals surface area contributed by atoms with Crippen LogP contribution in [0.5, 0.6) is 5.75 Å². The molecule has 0 aliphatic rings. The first-order chi connectivity index (χ1) is 24.6. The molecule has 0 bridgehead atoms. The van der Waals surface area contributed by atoms with Crippen molar-refractivity contribution in [3.05, 3.63) is 119 Å². The van der Waals surface area contributed by atoms with Gasteiger partial charge in [0, 0.05) is 17.3 Å². The second kappa shape index (κ2) is 13.3. The fourth-order valence-electron chi connectivity index (χ4n) is 7.20. The van der Waals surface area contributed by atoms with Crippen LogP contribution in [-0.4, -0.2) is 19.6 Å². The van der Waals surface area contributed by atoms with Crippen LogP contribution in [0.1, 0.15) is 131 Å². The number of nitrogens with zero attached hydrogens (tertiary/aromatic N) is 3. The summed E-state index contributed by atoms with van der Waals surface area (Å²) in [4.78, 5) is 10.5. The largest absolute Gasteiger partial charge is 0.507 e. The van der Waals surface area contributed by atoms with Crippen LogP contribution in [0.3, 0.4) is 0 Å². The average molecular weight is 706 g/mol. The van der Waals surface area contributed by atoms with Crippen molar-refractivity contribution in [2.24, 2.45) is 0 Å². The van der Waals surface area contributed by atoms with Crippen LogP contribution in [-0.2, 0) is 21.7 Å². The fraction of sp³-hybridized carbons (Fsp3) is 0.388. The number of fused-ring (bicyclic) bond motifs is 1. The maximum absolute atomic E-state index is 11.4. The van der Waals surface area contributed by atoms with Gasteiger partial charge < -0.3 is 5.11 Å². The lowest BCUT2D eigenvalue weighted by Gasteiger charge is -2.28. The first kappa shape index (κ1) is 38.0. The number of pyridine rings is 1. The summed E-state index contributed by atoms with van der Waals surface area (Å²) < 4.78 is 2.35. The van der Waals surface area contributed by atoms with Gasteiger partial charge >= 0.3 is 0 Å². The van der Waals surface area contributed by atoms with E-state index in [1.807, 2.05) is 24.4 Å². The van der Waals surface area contributed by atoms with Gasteiger partial charge in [-0.15, -0.1) is 0 Å². The molecule has 0 atom stereocenters. The Hall–Kier alpha value is -4.70. The van der Waals surface area contributed by atoms with E-state index in [4.69, 9.17) is 9.97 Å². The zero-order chi connectivity index (χ0) is 38.8. The molecule has 53 heavy (non-hydrogen) atoms. The minimum atomic E-state index is -0.151. The highest BCUT2D eigenvalue weighted by molar-refractivity contribution is 5.98. The predicted octanol–water partition coefficient (Wildman–Crippen LogP) is 13.4. The molecule has 0 radical (unpaired) electrons. The molecular formula is C49H59N3O.